The van der Waals surface area contributed by atoms with E-state index in [4.69, 9.17) is 5.11 Å². The maximum atomic E-state index is 11.1. The Labute approximate surface area is 169 Å². The number of aliphatic carboxylic acids is 1. The van der Waals surface area contributed by atoms with Crippen LogP contribution < -0.4 is 10.6 Å². The highest BCUT2D eigenvalue weighted by molar-refractivity contribution is 5.97. The first-order chi connectivity index (χ1) is 13.9. The Balaban J connectivity index is 1.49. The number of hydrogen-bond donors (Lipinski definition) is 6. The topological polar surface area (TPSA) is 127 Å². The third kappa shape index (κ3) is 4.05. The molecule has 1 aromatic heterocycles. The van der Waals surface area contributed by atoms with Crippen LogP contribution in [0.1, 0.15) is 44.6 Å². The van der Waals surface area contributed by atoms with Gasteiger partial charge in [0.05, 0.1) is 12.0 Å². The van der Waals surface area contributed by atoms with Crippen LogP contribution in [0.5, 0.6) is 5.88 Å². The first kappa shape index (κ1) is 20.0. The number of aliphatic hydroxyl groups excluding tert-OH is 2. The first-order valence-electron chi connectivity index (χ1n) is 10.4. The number of piperidine rings is 1. The molecule has 8 nitrogen and oxygen atoms in total. The largest absolute Gasteiger partial charge is 0.494 e. The van der Waals surface area contributed by atoms with Crippen LogP contribution in [0.4, 0.5) is 5.69 Å². The predicted octanol–water partition coefficient (Wildman–Crippen LogP) is 2.21. The molecule has 1 aliphatic heterocycles. The zero-order valence-corrected chi connectivity index (χ0v) is 16.3. The summed E-state index contributed by atoms with van der Waals surface area (Å²) in [6.45, 7) is 0.761. The van der Waals surface area contributed by atoms with E-state index in [2.05, 4.69) is 10.6 Å². The molecule has 0 radical (unpaired) electrons. The summed E-state index contributed by atoms with van der Waals surface area (Å²) in [7, 11) is 0. The van der Waals surface area contributed by atoms with Gasteiger partial charge in [-0.1, -0.05) is 6.07 Å². The third-order valence-electron chi connectivity index (χ3n) is 6.46. The minimum absolute atomic E-state index is 0.104. The Hall–Kier alpha value is -2.29. The number of aromatic hydroxyl groups is 1. The van der Waals surface area contributed by atoms with Crippen LogP contribution in [0, 0.1) is 11.8 Å². The summed E-state index contributed by atoms with van der Waals surface area (Å²) < 4.78 is 1.68. The van der Waals surface area contributed by atoms with Crippen molar-refractivity contribution in [2.24, 2.45) is 11.8 Å². The predicted molar refractivity (Wildman–Crippen MR) is 109 cm³/mol. The van der Waals surface area contributed by atoms with Crippen molar-refractivity contribution in [3.05, 3.63) is 24.4 Å². The summed E-state index contributed by atoms with van der Waals surface area (Å²) in [5.41, 5.74) is 0.912. The average Bonchev–Trinajstić information content (AvgIpc) is 3.04. The number of carboxylic acids is 1. The van der Waals surface area contributed by atoms with E-state index in [0.29, 0.717) is 24.1 Å². The fourth-order valence-corrected chi connectivity index (χ4v) is 4.68. The number of aliphatic hydroxyl groups is 2. The van der Waals surface area contributed by atoms with Crippen molar-refractivity contribution in [1.82, 2.24) is 9.88 Å². The van der Waals surface area contributed by atoms with Crippen LogP contribution in [0.15, 0.2) is 24.4 Å². The fourth-order valence-electron chi connectivity index (χ4n) is 4.68. The molecule has 0 bridgehead atoms. The van der Waals surface area contributed by atoms with Gasteiger partial charge in [-0.3, -0.25) is 10.1 Å². The second kappa shape index (κ2) is 8.22. The van der Waals surface area contributed by atoms with E-state index < -0.39 is 18.4 Å². The number of benzene rings is 1. The van der Waals surface area contributed by atoms with Crippen LogP contribution in [0.2, 0.25) is 0 Å². The van der Waals surface area contributed by atoms with Crippen LogP contribution >= 0.6 is 0 Å². The second-order valence-electron chi connectivity index (χ2n) is 8.34. The lowest BCUT2D eigenvalue weighted by molar-refractivity contribution is -0.143. The van der Waals surface area contributed by atoms with Crippen molar-refractivity contribution in [3.63, 3.8) is 0 Å². The number of anilines is 1. The van der Waals surface area contributed by atoms with E-state index in [0.717, 1.165) is 43.3 Å². The lowest BCUT2D eigenvalue weighted by Crippen LogP contribution is -2.47. The van der Waals surface area contributed by atoms with Gasteiger partial charge in [0.2, 0.25) is 0 Å². The zero-order chi connectivity index (χ0) is 20.5. The highest BCUT2D eigenvalue weighted by Gasteiger charge is 2.31. The van der Waals surface area contributed by atoms with E-state index in [-0.39, 0.29) is 17.8 Å². The SMILES string of the molecule is O=C(O)C1CCC(CNc2cccc3c(O)n(C4CCC(O)NC4O)cc23)CC1. The summed E-state index contributed by atoms with van der Waals surface area (Å²) in [5.74, 6) is -0.366. The highest BCUT2D eigenvalue weighted by atomic mass is 16.4. The third-order valence-corrected chi connectivity index (χ3v) is 6.46. The van der Waals surface area contributed by atoms with Gasteiger partial charge in [0.15, 0.2) is 5.88 Å². The lowest BCUT2D eigenvalue weighted by Gasteiger charge is -2.33. The number of fused-ring (bicyclic) bond motifs is 1. The normalized spacial score (nSPS) is 30.3. The quantitative estimate of drug-likeness (QED) is 0.452. The Morgan fingerprint density at radius 2 is 1.86 bits per heavy atom. The second-order valence-corrected chi connectivity index (χ2v) is 8.34. The van der Waals surface area contributed by atoms with Crippen molar-refractivity contribution in [1.29, 1.82) is 0 Å². The van der Waals surface area contributed by atoms with Gasteiger partial charge in [-0.05, 0) is 56.6 Å². The van der Waals surface area contributed by atoms with Gasteiger partial charge in [-0.25, -0.2) is 0 Å². The Kier molecular flexibility index (Phi) is 5.67. The number of aromatic nitrogens is 1. The molecule has 3 atom stereocenters. The van der Waals surface area contributed by atoms with Crippen LogP contribution in [0.3, 0.4) is 0 Å². The van der Waals surface area contributed by atoms with Gasteiger partial charge in [0.1, 0.15) is 12.5 Å². The molecule has 4 rings (SSSR count). The summed E-state index contributed by atoms with van der Waals surface area (Å²) in [5, 5.41) is 47.6. The molecule has 8 heteroatoms. The standard InChI is InChI=1S/C21H29N3O5/c25-18-9-8-17(19(26)23-18)24-11-15-14(20(24)27)2-1-3-16(15)22-10-12-4-6-13(7-5-12)21(28)29/h1-3,11-13,17-19,22-23,25-27H,4-10H2,(H,28,29). The van der Waals surface area contributed by atoms with E-state index in [1.165, 1.54) is 0 Å². The summed E-state index contributed by atoms with van der Waals surface area (Å²) in [6.07, 6.45) is 4.47. The van der Waals surface area contributed by atoms with Gasteiger partial charge in [0, 0.05) is 29.2 Å². The number of nitrogens with one attached hydrogen (secondary N) is 2. The van der Waals surface area contributed by atoms with Crippen molar-refractivity contribution in [2.45, 2.75) is 57.0 Å². The molecule has 1 saturated heterocycles. The van der Waals surface area contributed by atoms with E-state index in [1.54, 1.807) is 4.57 Å². The van der Waals surface area contributed by atoms with Gasteiger partial charge >= 0.3 is 5.97 Å². The Bertz CT molecular complexity index is 875. The molecule has 29 heavy (non-hydrogen) atoms. The van der Waals surface area contributed by atoms with Crippen LogP contribution in [-0.4, -0.2) is 50.0 Å². The number of carboxylic acid groups (broad SMARTS) is 1. The highest BCUT2D eigenvalue weighted by Crippen LogP contribution is 2.38. The molecule has 2 aromatic rings. The van der Waals surface area contributed by atoms with E-state index in [9.17, 15) is 20.1 Å². The first-order valence-corrected chi connectivity index (χ1v) is 10.4. The molecule has 2 fully saturated rings. The molecule has 0 amide bonds. The fraction of sp³-hybridized carbons (Fsp3) is 0.571. The molecule has 158 valence electrons. The monoisotopic (exact) mass is 403 g/mol. The molecular formula is C21H29N3O5. The molecule has 1 saturated carbocycles. The Morgan fingerprint density at radius 1 is 1.10 bits per heavy atom. The number of hydrogen-bond acceptors (Lipinski definition) is 6. The zero-order valence-electron chi connectivity index (χ0n) is 16.3. The molecular weight excluding hydrogens is 374 g/mol. The van der Waals surface area contributed by atoms with Crippen molar-refractivity contribution >= 4 is 22.4 Å². The summed E-state index contributed by atoms with van der Waals surface area (Å²) in [4.78, 5) is 11.1. The molecule has 3 unspecified atom stereocenters. The molecule has 0 spiro atoms. The minimum Gasteiger partial charge on any atom is -0.494 e. The van der Waals surface area contributed by atoms with E-state index >= 15 is 0 Å². The van der Waals surface area contributed by atoms with Gasteiger partial charge < -0.3 is 30.3 Å². The molecule has 6 N–H and O–H groups in total. The molecule has 1 aromatic carbocycles. The maximum Gasteiger partial charge on any atom is 0.306 e. The summed E-state index contributed by atoms with van der Waals surface area (Å²) in [6, 6.07) is 5.34. The lowest BCUT2D eigenvalue weighted by atomic mass is 9.82. The average molecular weight is 403 g/mol. The van der Waals surface area contributed by atoms with Crippen molar-refractivity contribution in [2.75, 3.05) is 11.9 Å². The van der Waals surface area contributed by atoms with Crippen LogP contribution in [-0.2, 0) is 4.79 Å². The van der Waals surface area contributed by atoms with Crippen molar-refractivity contribution < 1.29 is 25.2 Å². The number of rotatable bonds is 5. The van der Waals surface area contributed by atoms with Gasteiger partial charge in [-0.15, -0.1) is 0 Å². The summed E-state index contributed by atoms with van der Waals surface area (Å²) >= 11 is 0. The molecule has 1 aliphatic carbocycles. The van der Waals surface area contributed by atoms with Gasteiger partial charge in [-0.2, -0.15) is 0 Å². The molecule has 2 heterocycles. The number of nitrogens with zero attached hydrogens (tertiary/aromatic N) is 1. The minimum atomic E-state index is -0.938. The Morgan fingerprint density at radius 3 is 2.55 bits per heavy atom. The van der Waals surface area contributed by atoms with Crippen LogP contribution in [0.25, 0.3) is 10.8 Å². The van der Waals surface area contributed by atoms with Gasteiger partial charge in [0.25, 0.3) is 0 Å². The van der Waals surface area contributed by atoms with Crippen molar-refractivity contribution in [3.8, 4) is 5.88 Å². The number of carbonyl (C=O) groups is 1. The van der Waals surface area contributed by atoms with E-state index in [1.807, 2.05) is 24.4 Å². The smallest absolute Gasteiger partial charge is 0.306 e. The molecule has 2 aliphatic rings. The maximum absolute atomic E-state index is 11.1.